The van der Waals surface area contributed by atoms with Crippen LogP contribution in [0.4, 0.5) is 9.18 Å². The largest absolute Gasteiger partial charge is 0.488 e. The monoisotopic (exact) mass is 384 g/mol. The predicted octanol–water partition coefficient (Wildman–Crippen LogP) is 3.11. The van der Waals surface area contributed by atoms with Gasteiger partial charge in [0.15, 0.2) is 5.75 Å². The molecule has 6 rings (SSSR count). The zero-order chi connectivity index (χ0) is 19.5. The van der Waals surface area contributed by atoms with Crippen LogP contribution < -0.4 is 4.74 Å². The highest BCUT2D eigenvalue weighted by Crippen LogP contribution is 2.44. The number of aromatic nitrogens is 2. The third-order valence-electron chi connectivity index (χ3n) is 6.26. The van der Waals surface area contributed by atoms with Gasteiger partial charge in [-0.2, -0.15) is 9.78 Å². The van der Waals surface area contributed by atoms with Crippen LogP contribution in [0.15, 0.2) is 24.3 Å². The summed E-state index contributed by atoms with van der Waals surface area (Å²) in [7, 11) is 0. The standard InChI is InChI=1S/C21H25FN4O2/c1-21(2)13-28-18-17(14-3-5-15(22)6-4-14)23-26(19(18)21)20(27)25-12-11-24-9-7-16(25)8-10-24/h3-6,16H,7-13H2,1-2H3. The topological polar surface area (TPSA) is 50.6 Å². The van der Waals surface area contributed by atoms with Gasteiger partial charge in [-0.05, 0) is 37.1 Å². The number of fused-ring (bicyclic) bond motifs is 5. The number of piperidine rings is 1. The van der Waals surface area contributed by atoms with Crippen LogP contribution in [-0.4, -0.2) is 64.4 Å². The highest BCUT2D eigenvalue weighted by molar-refractivity contribution is 5.82. The lowest BCUT2D eigenvalue weighted by molar-refractivity contribution is 0.167. The quantitative estimate of drug-likeness (QED) is 0.758. The second-order valence-electron chi connectivity index (χ2n) is 8.67. The Bertz CT molecular complexity index is 913. The number of hydrogen-bond acceptors (Lipinski definition) is 4. The van der Waals surface area contributed by atoms with E-state index in [2.05, 4.69) is 23.8 Å². The molecule has 0 saturated carbocycles. The number of amides is 1. The van der Waals surface area contributed by atoms with Gasteiger partial charge in [-0.1, -0.05) is 13.8 Å². The Labute approximate surface area is 163 Å². The minimum absolute atomic E-state index is 0.0723. The Balaban J connectivity index is 1.58. The number of halogens is 1. The van der Waals surface area contributed by atoms with E-state index >= 15 is 0 Å². The first kappa shape index (κ1) is 17.7. The first-order chi connectivity index (χ1) is 13.4. The Morgan fingerprint density at radius 3 is 2.57 bits per heavy atom. The molecule has 0 aliphatic carbocycles. The van der Waals surface area contributed by atoms with Gasteiger partial charge in [0.05, 0.1) is 6.61 Å². The third kappa shape index (κ3) is 2.71. The van der Waals surface area contributed by atoms with Crippen LogP contribution in [0, 0.1) is 5.82 Å². The molecule has 5 heterocycles. The molecule has 3 saturated heterocycles. The zero-order valence-corrected chi connectivity index (χ0v) is 16.3. The Morgan fingerprint density at radius 2 is 1.86 bits per heavy atom. The van der Waals surface area contributed by atoms with E-state index in [1.807, 2.05) is 4.90 Å². The lowest BCUT2D eigenvalue weighted by atomic mass is 9.91. The second kappa shape index (κ2) is 6.30. The van der Waals surface area contributed by atoms with Crippen LogP contribution >= 0.6 is 0 Å². The molecule has 1 aromatic heterocycles. The van der Waals surface area contributed by atoms with Crippen molar-refractivity contribution in [3.05, 3.63) is 35.8 Å². The first-order valence-electron chi connectivity index (χ1n) is 9.99. The number of carbonyl (C=O) groups is 1. The number of hydrogen-bond donors (Lipinski definition) is 0. The summed E-state index contributed by atoms with van der Waals surface area (Å²) in [5, 5.41) is 4.68. The van der Waals surface area contributed by atoms with Crippen molar-refractivity contribution in [1.82, 2.24) is 19.6 Å². The number of rotatable bonds is 1. The molecule has 1 aromatic carbocycles. The van der Waals surface area contributed by atoms with E-state index in [-0.39, 0.29) is 23.3 Å². The second-order valence-corrected chi connectivity index (χ2v) is 8.67. The lowest BCUT2D eigenvalue weighted by Gasteiger charge is -2.31. The van der Waals surface area contributed by atoms with Gasteiger partial charge in [-0.15, -0.1) is 0 Å². The summed E-state index contributed by atoms with van der Waals surface area (Å²) in [6.07, 6.45) is 2.03. The fourth-order valence-corrected chi connectivity index (χ4v) is 4.65. The normalized spacial score (nSPS) is 25.3. The van der Waals surface area contributed by atoms with Crippen LogP contribution in [0.3, 0.4) is 0 Å². The van der Waals surface area contributed by atoms with Crippen molar-refractivity contribution in [2.75, 3.05) is 32.8 Å². The predicted molar refractivity (Wildman–Crippen MR) is 103 cm³/mol. The zero-order valence-electron chi connectivity index (χ0n) is 16.3. The van der Waals surface area contributed by atoms with E-state index in [1.165, 1.54) is 12.1 Å². The number of carbonyl (C=O) groups excluding carboxylic acids is 1. The molecule has 4 aliphatic heterocycles. The number of nitrogens with zero attached hydrogens (tertiary/aromatic N) is 4. The van der Waals surface area contributed by atoms with E-state index in [1.54, 1.807) is 16.8 Å². The minimum atomic E-state index is -0.316. The van der Waals surface area contributed by atoms with Crippen molar-refractivity contribution in [2.24, 2.45) is 0 Å². The van der Waals surface area contributed by atoms with Gasteiger partial charge >= 0.3 is 6.03 Å². The van der Waals surface area contributed by atoms with Crippen molar-refractivity contribution >= 4 is 6.03 Å². The molecule has 2 aromatic rings. The summed E-state index contributed by atoms with van der Waals surface area (Å²) in [4.78, 5) is 18.0. The van der Waals surface area contributed by atoms with Crippen LogP contribution in [0.2, 0.25) is 0 Å². The van der Waals surface area contributed by atoms with E-state index in [0.717, 1.165) is 50.3 Å². The molecule has 0 radical (unpaired) electrons. The summed E-state index contributed by atoms with van der Waals surface area (Å²) < 4.78 is 20.9. The molecule has 0 spiro atoms. The van der Waals surface area contributed by atoms with Gasteiger partial charge in [0.1, 0.15) is 17.2 Å². The van der Waals surface area contributed by atoms with E-state index in [4.69, 9.17) is 4.74 Å². The van der Waals surface area contributed by atoms with Gasteiger partial charge < -0.3 is 14.5 Å². The molecule has 2 bridgehead atoms. The summed E-state index contributed by atoms with van der Waals surface area (Å²) in [6.45, 7) is 8.39. The minimum Gasteiger partial charge on any atom is -0.488 e. The first-order valence-corrected chi connectivity index (χ1v) is 9.99. The van der Waals surface area contributed by atoms with Gasteiger partial charge in [0.2, 0.25) is 0 Å². The maximum absolute atomic E-state index is 13.6. The highest BCUT2D eigenvalue weighted by atomic mass is 19.1. The number of ether oxygens (including phenoxy) is 1. The van der Waals surface area contributed by atoms with Crippen LogP contribution in [0.5, 0.6) is 5.75 Å². The fraction of sp³-hybridized carbons (Fsp3) is 0.524. The Hall–Kier alpha value is -2.41. The van der Waals surface area contributed by atoms with Crippen molar-refractivity contribution in [3.63, 3.8) is 0 Å². The number of benzene rings is 1. The average molecular weight is 384 g/mol. The van der Waals surface area contributed by atoms with Crippen molar-refractivity contribution < 1.29 is 13.9 Å². The third-order valence-corrected chi connectivity index (χ3v) is 6.26. The van der Waals surface area contributed by atoms with Crippen molar-refractivity contribution in [1.29, 1.82) is 0 Å². The van der Waals surface area contributed by atoms with Gasteiger partial charge in [-0.25, -0.2) is 9.18 Å². The molecule has 148 valence electrons. The Morgan fingerprint density at radius 1 is 1.14 bits per heavy atom. The molecule has 0 atom stereocenters. The van der Waals surface area contributed by atoms with E-state index in [0.29, 0.717) is 18.1 Å². The molecule has 3 fully saturated rings. The SMILES string of the molecule is CC1(C)COc2c(-c3ccc(F)cc3)nn(C(=O)N3CCN4CCC3CC4)c21. The van der Waals surface area contributed by atoms with Crippen LogP contribution in [0.1, 0.15) is 32.4 Å². The van der Waals surface area contributed by atoms with E-state index < -0.39 is 0 Å². The molecule has 4 aliphatic rings. The lowest BCUT2D eigenvalue weighted by Crippen LogP contribution is -2.45. The van der Waals surface area contributed by atoms with Gasteiger partial charge in [0, 0.05) is 43.2 Å². The molecular weight excluding hydrogens is 359 g/mol. The summed E-state index contributed by atoms with van der Waals surface area (Å²) in [5.41, 5.74) is 1.86. The maximum Gasteiger partial charge on any atom is 0.345 e. The molecule has 0 unspecified atom stereocenters. The highest BCUT2D eigenvalue weighted by Gasteiger charge is 2.43. The van der Waals surface area contributed by atoms with Crippen molar-refractivity contribution in [2.45, 2.75) is 38.1 Å². The summed E-state index contributed by atoms with van der Waals surface area (Å²) in [6, 6.07) is 6.38. The summed E-state index contributed by atoms with van der Waals surface area (Å²) in [5.74, 6) is 0.348. The van der Waals surface area contributed by atoms with Gasteiger partial charge in [0.25, 0.3) is 0 Å². The smallest absolute Gasteiger partial charge is 0.345 e. The van der Waals surface area contributed by atoms with Crippen LogP contribution in [0.25, 0.3) is 11.3 Å². The average Bonchev–Trinajstić information content (AvgIpc) is 3.05. The van der Waals surface area contributed by atoms with Gasteiger partial charge in [-0.3, -0.25) is 0 Å². The maximum atomic E-state index is 13.6. The van der Waals surface area contributed by atoms with Crippen LogP contribution in [-0.2, 0) is 5.41 Å². The molecule has 6 nitrogen and oxygen atoms in total. The molecule has 1 amide bonds. The Kier molecular flexibility index (Phi) is 3.98. The molecule has 0 N–H and O–H groups in total. The molecular formula is C21H25FN4O2. The summed E-state index contributed by atoms with van der Waals surface area (Å²) >= 11 is 0. The fourth-order valence-electron chi connectivity index (χ4n) is 4.65. The molecule has 28 heavy (non-hydrogen) atoms. The van der Waals surface area contributed by atoms with Crippen molar-refractivity contribution in [3.8, 4) is 17.0 Å². The van der Waals surface area contributed by atoms with E-state index in [9.17, 15) is 9.18 Å². The molecule has 7 heteroatoms.